The van der Waals surface area contributed by atoms with Crippen molar-refractivity contribution in [1.29, 1.82) is 0 Å². The van der Waals surface area contributed by atoms with E-state index in [0.717, 1.165) is 0 Å². The van der Waals surface area contributed by atoms with Crippen LogP contribution in [0.2, 0.25) is 0 Å². The molecule has 98 valence electrons. The number of anilines is 2. The van der Waals surface area contributed by atoms with E-state index in [1.807, 2.05) is 12.1 Å². The summed E-state index contributed by atoms with van der Waals surface area (Å²) in [5, 5.41) is 0. The maximum Gasteiger partial charge on any atom is 0.278 e. The van der Waals surface area contributed by atoms with Crippen LogP contribution in [0.1, 0.15) is 10.5 Å². The van der Waals surface area contributed by atoms with Gasteiger partial charge in [0.25, 0.3) is 5.91 Å². The van der Waals surface area contributed by atoms with E-state index in [1.54, 1.807) is 26.3 Å². The Kier molecular flexibility index (Phi) is 3.61. The molecule has 0 aliphatic rings. The zero-order chi connectivity index (χ0) is 13.8. The number of nitrogen functional groups attached to an aromatic ring is 1. The van der Waals surface area contributed by atoms with Crippen molar-refractivity contribution in [2.24, 2.45) is 0 Å². The average Bonchev–Trinajstić information content (AvgIpc) is 2.45. The number of rotatable bonds is 3. The third-order valence-corrected chi connectivity index (χ3v) is 2.62. The van der Waals surface area contributed by atoms with Gasteiger partial charge in [-0.25, -0.2) is 4.98 Å². The van der Waals surface area contributed by atoms with Gasteiger partial charge in [0.2, 0.25) is 0 Å². The number of methoxy groups -OCH3 is 1. The van der Waals surface area contributed by atoms with E-state index in [2.05, 4.69) is 9.97 Å². The standard InChI is InChI=1S/C13H14N4O2/c1-17(10-5-3-4-6-11(10)19-2)13(18)9-7-15-8-12(14)16-9/h3-8H,1-2H3,(H2,14,16). The normalized spacial score (nSPS) is 10.0. The second-order valence-electron chi connectivity index (χ2n) is 3.87. The van der Waals surface area contributed by atoms with Crippen LogP contribution in [0, 0.1) is 0 Å². The van der Waals surface area contributed by atoms with Crippen LogP contribution in [0.4, 0.5) is 11.5 Å². The van der Waals surface area contributed by atoms with Gasteiger partial charge in [0, 0.05) is 7.05 Å². The molecule has 0 radical (unpaired) electrons. The summed E-state index contributed by atoms with van der Waals surface area (Å²) in [6, 6.07) is 7.23. The van der Waals surface area contributed by atoms with Gasteiger partial charge in [-0.1, -0.05) is 12.1 Å². The minimum Gasteiger partial charge on any atom is -0.495 e. The Morgan fingerprint density at radius 2 is 2.05 bits per heavy atom. The summed E-state index contributed by atoms with van der Waals surface area (Å²) >= 11 is 0. The lowest BCUT2D eigenvalue weighted by molar-refractivity contribution is 0.0987. The number of nitrogens with two attached hydrogens (primary N) is 1. The number of para-hydroxylation sites is 2. The fourth-order valence-corrected chi connectivity index (χ4v) is 1.67. The number of carbonyl (C=O) groups excluding carboxylic acids is 1. The zero-order valence-electron chi connectivity index (χ0n) is 10.7. The lowest BCUT2D eigenvalue weighted by atomic mass is 10.2. The molecule has 0 spiro atoms. The van der Waals surface area contributed by atoms with Gasteiger partial charge >= 0.3 is 0 Å². The molecule has 6 nitrogen and oxygen atoms in total. The lowest BCUT2D eigenvalue weighted by Crippen LogP contribution is -2.27. The van der Waals surface area contributed by atoms with Crippen LogP contribution in [-0.2, 0) is 0 Å². The zero-order valence-corrected chi connectivity index (χ0v) is 10.7. The molecule has 0 saturated carbocycles. The van der Waals surface area contributed by atoms with Gasteiger partial charge in [-0.15, -0.1) is 0 Å². The maximum absolute atomic E-state index is 12.3. The molecule has 0 unspecified atom stereocenters. The van der Waals surface area contributed by atoms with Crippen LogP contribution >= 0.6 is 0 Å². The first kappa shape index (κ1) is 12.8. The summed E-state index contributed by atoms with van der Waals surface area (Å²) < 4.78 is 5.22. The summed E-state index contributed by atoms with van der Waals surface area (Å²) in [6.07, 6.45) is 2.77. The Balaban J connectivity index is 2.33. The largest absolute Gasteiger partial charge is 0.495 e. The molecule has 0 aliphatic carbocycles. The van der Waals surface area contributed by atoms with Gasteiger partial charge in [-0.2, -0.15) is 0 Å². The Bertz CT molecular complexity index is 601. The number of hydrogen-bond donors (Lipinski definition) is 1. The molecule has 0 aliphatic heterocycles. The van der Waals surface area contributed by atoms with Crippen LogP contribution in [0.15, 0.2) is 36.7 Å². The number of benzene rings is 1. The van der Waals surface area contributed by atoms with Crippen molar-refractivity contribution in [2.75, 3.05) is 24.8 Å². The summed E-state index contributed by atoms with van der Waals surface area (Å²) in [5.74, 6) is 0.513. The highest BCUT2D eigenvalue weighted by molar-refractivity contribution is 6.05. The van der Waals surface area contributed by atoms with E-state index in [0.29, 0.717) is 11.4 Å². The number of aromatic nitrogens is 2. The summed E-state index contributed by atoms with van der Waals surface area (Å²) in [4.78, 5) is 21.5. The minimum atomic E-state index is -0.302. The van der Waals surface area contributed by atoms with Crippen LogP contribution in [0.3, 0.4) is 0 Å². The van der Waals surface area contributed by atoms with E-state index in [4.69, 9.17) is 10.5 Å². The SMILES string of the molecule is COc1ccccc1N(C)C(=O)c1cncc(N)n1. The highest BCUT2D eigenvalue weighted by Gasteiger charge is 2.18. The first-order chi connectivity index (χ1) is 9.13. The lowest BCUT2D eigenvalue weighted by Gasteiger charge is -2.19. The predicted molar refractivity (Wildman–Crippen MR) is 72.2 cm³/mol. The molecular formula is C13H14N4O2. The van der Waals surface area contributed by atoms with Crippen LogP contribution < -0.4 is 15.4 Å². The number of ether oxygens (including phenoxy) is 1. The smallest absolute Gasteiger partial charge is 0.278 e. The average molecular weight is 258 g/mol. The van der Waals surface area contributed by atoms with Crippen LogP contribution in [0.25, 0.3) is 0 Å². The topological polar surface area (TPSA) is 81.3 Å². The van der Waals surface area contributed by atoms with Crippen molar-refractivity contribution in [3.05, 3.63) is 42.4 Å². The molecule has 0 atom stereocenters. The van der Waals surface area contributed by atoms with E-state index >= 15 is 0 Å². The molecule has 1 heterocycles. The van der Waals surface area contributed by atoms with Crippen molar-refractivity contribution < 1.29 is 9.53 Å². The second kappa shape index (κ2) is 5.34. The first-order valence-electron chi connectivity index (χ1n) is 5.62. The third-order valence-electron chi connectivity index (χ3n) is 2.62. The van der Waals surface area contributed by atoms with Gasteiger partial charge < -0.3 is 15.4 Å². The molecule has 19 heavy (non-hydrogen) atoms. The molecule has 1 aromatic heterocycles. The Morgan fingerprint density at radius 1 is 1.32 bits per heavy atom. The predicted octanol–water partition coefficient (Wildman–Crippen LogP) is 1.34. The van der Waals surface area contributed by atoms with Gasteiger partial charge in [0.1, 0.15) is 17.3 Å². The van der Waals surface area contributed by atoms with Gasteiger partial charge in [-0.3, -0.25) is 9.78 Å². The molecule has 2 N–H and O–H groups in total. The number of carbonyl (C=O) groups is 1. The van der Waals surface area contributed by atoms with E-state index in [-0.39, 0.29) is 17.4 Å². The number of hydrogen-bond acceptors (Lipinski definition) is 5. The third kappa shape index (κ3) is 2.62. The molecular weight excluding hydrogens is 244 g/mol. The monoisotopic (exact) mass is 258 g/mol. The second-order valence-corrected chi connectivity index (χ2v) is 3.87. The van der Waals surface area contributed by atoms with Crippen LogP contribution in [0.5, 0.6) is 5.75 Å². The summed E-state index contributed by atoms with van der Waals surface area (Å²) in [7, 11) is 3.20. The Morgan fingerprint density at radius 3 is 2.74 bits per heavy atom. The van der Waals surface area contributed by atoms with Crippen molar-refractivity contribution in [2.45, 2.75) is 0 Å². The van der Waals surface area contributed by atoms with Gasteiger partial charge in [0.05, 0.1) is 25.2 Å². The van der Waals surface area contributed by atoms with Crippen molar-refractivity contribution in [3.8, 4) is 5.75 Å². The molecule has 1 aromatic carbocycles. The van der Waals surface area contributed by atoms with Gasteiger partial charge in [0.15, 0.2) is 0 Å². The number of nitrogens with zero attached hydrogens (tertiary/aromatic N) is 3. The molecule has 6 heteroatoms. The highest BCUT2D eigenvalue weighted by Crippen LogP contribution is 2.27. The highest BCUT2D eigenvalue weighted by atomic mass is 16.5. The first-order valence-corrected chi connectivity index (χ1v) is 5.62. The van der Waals surface area contributed by atoms with Gasteiger partial charge in [-0.05, 0) is 12.1 Å². The molecule has 0 fully saturated rings. The number of amides is 1. The van der Waals surface area contributed by atoms with E-state index in [9.17, 15) is 4.79 Å². The van der Waals surface area contributed by atoms with Crippen molar-refractivity contribution in [1.82, 2.24) is 9.97 Å². The molecule has 0 bridgehead atoms. The van der Waals surface area contributed by atoms with Crippen LogP contribution in [-0.4, -0.2) is 30.0 Å². The fraction of sp³-hybridized carbons (Fsp3) is 0.154. The van der Waals surface area contributed by atoms with Crippen molar-refractivity contribution in [3.63, 3.8) is 0 Å². The van der Waals surface area contributed by atoms with E-state index in [1.165, 1.54) is 17.3 Å². The minimum absolute atomic E-state index is 0.188. The molecule has 1 amide bonds. The molecule has 2 aromatic rings. The van der Waals surface area contributed by atoms with Crippen molar-refractivity contribution >= 4 is 17.4 Å². The molecule has 2 rings (SSSR count). The Labute approximate surface area is 110 Å². The maximum atomic E-state index is 12.3. The van der Waals surface area contributed by atoms with E-state index < -0.39 is 0 Å². The quantitative estimate of drug-likeness (QED) is 0.898. The fourth-order valence-electron chi connectivity index (χ4n) is 1.67. The summed E-state index contributed by atoms with van der Waals surface area (Å²) in [6.45, 7) is 0. The molecule has 0 saturated heterocycles. The summed E-state index contributed by atoms with van der Waals surface area (Å²) in [5.41, 5.74) is 6.36. The Hall–Kier alpha value is -2.63.